The molecule has 0 saturated heterocycles. The van der Waals surface area contributed by atoms with Crippen LogP contribution in [-0.2, 0) is 16.0 Å². The predicted molar refractivity (Wildman–Crippen MR) is 69.1 cm³/mol. The lowest BCUT2D eigenvalue weighted by molar-refractivity contribution is -0.122. The van der Waals surface area contributed by atoms with Gasteiger partial charge in [-0.25, -0.2) is 0 Å². The van der Waals surface area contributed by atoms with E-state index in [1.54, 1.807) is 0 Å². The number of carbonyl (C=O) groups excluding carboxylic acids is 1. The van der Waals surface area contributed by atoms with Crippen molar-refractivity contribution in [2.45, 2.75) is 26.2 Å². The SMILES string of the molecule is CC(C)c1ccc(CC(=O)COCCN)cc1. The summed E-state index contributed by atoms with van der Waals surface area (Å²) in [5.41, 5.74) is 7.61. The van der Waals surface area contributed by atoms with E-state index in [0.29, 0.717) is 25.5 Å². The molecule has 94 valence electrons. The normalized spacial score (nSPS) is 10.8. The van der Waals surface area contributed by atoms with Crippen LogP contribution in [0.15, 0.2) is 24.3 Å². The van der Waals surface area contributed by atoms with E-state index in [-0.39, 0.29) is 12.4 Å². The monoisotopic (exact) mass is 235 g/mol. The average Bonchev–Trinajstić information content (AvgIpc) is 2.30. The second kappa shape index (κ2) is 7.20. The van der Waals surface area contributed by atoms with Crippen LogP contribution >= 0.6 is 0 Å². The van der Waals surface area contributed by atoms with Gasteiger partial charge in [0.25, 0.3) is 0 Å². The maximum absolute atomic E-state index is 11.5. The molecule has 0 aliphatic rings. The van der Waals surface area contributed by atoms with Gasteiger partial charge in [-0.15, -0.1) is 0 Å². The van der Waals surface area contributed by atoms with E-state index in [1.807, 2.05) is 12.1 Å². The van der Waals surface area contributed by atoms with Crippen LogP contribution in [-0.4, -0.2) is 25.5 Å². The molecule has 3 heteroatoms. The fraction of sp³-hybridized carbons (Fsp3) is 0.500. The molecule has 1 aromatic rings. The summed E-state index contributed by atoms with van der Waals surface area (Å²) in [6, 6.07) is 8.17. The zero-order valence-electron chi connectivity index (χ0n) is 10.6. The van der Waals surface area contributed by atoms with E-state index in [1.165, 1.54) is 5.56 Å². The van der Waals surface area contributed by atoms with Crippen molar-refractivity contribution < 1.29 is 9.53 Å². The molecule has 0 amide bonds. The third-order valence-electron chi connectivity index (χ3n) is 2.57. The minimum absolute atomic E-state index is 0.0933. The van der Waals surface area contributed by atoms with Gasteiger partial charge in [0.05, 0.1) is 6.61 Å². The van der Waals surface area contributed by atoms with E-state index in [0.717, 1.165) is 5.56 Å². The first-order valence-corrected chi connectivity index (χ1v) is 6.02. The Bertz CT molecular complexity index is 344. The summed E-state index contributed by atoms with van der Waals surface area (Å²) < 4.78 is 5.10. The van der Waals surface area contributed by atoms with E-state index in [2.05, 4.69) is 26.0 Å². The quantitative estimate of drug-likeness (QED) is 0.734. The van der Waals surface area contributed by atoms with Crippen LogP contribution in [0.1, 0.15) is 30.9 Å². The molecule has 0 atom stereocenters. The van der Waals surface area contributed by atoms with Crippen molar-refractivity contribution in [2.75, 3.05) is 19.8 Å². The Morgan fingerprint density at radius 1 is 1.29 bits per heavy atom. The van der Waals surface area contributed by atoms with Gasteiger partial charge in [-0.1, -0.05) is 38.1 Å². The van der Waals surface area contributed by atoms with Crippen LogP contribution in [0.2, 0.25) is 0 Å². The second-order valence-electron chi connectivity index (χ2n) is 4.45. The first-order valence-electron chi connectivity index (χ1n) is 6.02. The number of hydrogen-bond donors (Lipinski definition) is 1. The third kappa shape index (κ3) is 5.11. The summed E-state index contributed by atoms with van der Waals surface area (Å²) in [4.78, 5) is 11.5. The lowest BCUT2D eigenvalue weighted by Gasteiger charge is -2.06. The first kappa shape index (κ1) is 13.9. The van der Waals surface area contributed by atoms with E-state index in [4.69, 9.17) is 10.5 Å². The summed E-state index contributed by atoms with van der Waals surface area (Å²) in [6.07, 6.45) is 0.433. The summed E-state index contributed by atoms with van der Waals surface area (Å²) in [7, 11) is 0. The molecule has 0 heterocycles. The lowest BCUT2D eigenvalue weighted by Crippen LogP contribution is -2.16. The van der Waals surface area contributed by atoms with Gasteiger partial charge in [0.2, 0.25) is 0 Å². The largest absolute Gasteiger partial charge is 0.372 e. The topological polar surface area (TPSA) is 52.3 Å². The van der Waals surface area contributed by atoms with Crippen LogP contribution < -0.4 is 5.73 Å². The van der Waals surface area contributed by atoms with Gasteiger partial charge >= 0.3 is 0 Å². The molecule has 0 aliphatic heterocycles. The fourth-order valence-electron chi connectivity index (χ4n) is 1.57. The Morgan fingerprint density at radius 2 is 1.94 bits per heavy atom. The highest BCUT2D eigenvalue weighted by atomic mass is 16.5. The highest BCUT2D eigenvalue weighted by Gasteiger charge is 2.04. The summed E-state index contributed by atoms with van der Waals surface area (Å²) in [5, 5.41) is 0. The van der Waals surface area contributed by atoms with Gasteiger partial charge in [0, 0.05) is 13.0 Å². The molecule has 0 fully saturated rings. The minimum Gasteiger partial charge on any atom is -0.372 e. The minimum atomic E-state index is 0.0933. The Morgan fingerprint density at radius 3 is 2.47 bits per heavy atom. The van der Waals surface area contributed by atoms with Gasteiger partial charge in [-0.2, -0.15) is 0 Å². The average molecular weight is 235 g/mol. The first-order chi connectivity index (χ1) is 8.13. The Kier molecular flexibility index (Phi) is 5.87. The number of nitrogens with two attached hydrogens (primary N) is 1. The highest BCUT2D eigenvalue weighted by Crippen LogP contribution is 2.14. The van der Waals surface area contributed by atoms with E-state index < -0.39 is 0 Å². The molecular weight excluding hydrogens is 214 g/mol. The van der Waals surface area contributed by atoms with Crippen molar-refractivity contribution in [3.63, 3.8) is 0 Å². The molecule has 0 unspecified atom stereocenters. The van der Waals surface area contributed by atoms with Gasteiger partial charge in [0.1, 0.15) is 6.61 Å². The van der Waals surface area contributed by atoms with Crippen LogP contribution in [0, 0.1) is 0 Å². The Labute approximate surface area is 103 Å². The molecule has 0 aliphatic carbocycles. The lowest BCUT2D eigenvalue weighted by atomic mass is 10.0. The maximum atomic E-state index is 11.5. The number of rotatable bonds is 7. The van der Waals surface area contributed by atoms with Crippen molar-refractivity contribution in [3.05, 3.63) is 35.4 Å². The Balaban J connectivity index is 2.43. The van der Waals surface area contributed by atoms with Crippen molar-refractivity contribution in [3.8, 4) is 0 Å². The smallest absolute Gasteiger partial charge is 0.162 e. The summed E-state index contributed by atoms with van der Waals surface area (Å²) in [5.74, 6) is 0.614. The number of ketones is 1. The molecule has 3 nitrogen and oxygen atoms in total. The van der Waals surface area contributed by atoms with Crippen molar-refractivity contribution in [1.29, 1.82) is 0 Å². The Hall–Kier alpha value is -1.19. The predicted octanol–water partition coefficient (Wildman–Crippen LogP) is 1.90. The zero-order chi connectivity index (χ0) is 12.7. The standard InChI is InChI=1S/C14H21NO2/c1-11(2)13-5-3-12(4-6-13)9-14(16)10-17-8-7-15/h3-6,11H,7-10,15H2,1-2H3. The molecular formula is C14H21NO2. The van der Waals surface area contributed by atoms with Crippen molar-refractivity contribution in [1.82, 2.24) is 0 Å². The van der Waals surface area contributed by atoms with Crippen LogP contribution in [0.4, 0.5) is 0 Å². The van der Waals surface area contributed by atoms with Gasteiger partial charge < -0.3 is 10.5 Å². The summed E-state index contributed by atoms with van der Waals surface area (Å²) in [6.45, 7) is 5.36. The van der Waals surface area contributed by atoms with Gasteiger partial charge in [-0.3, -0.25) is 4.79 Å². The second-order valence-corrected chi connectivity index (χ2v) is 4.45. The fourth-order valence-corrected chi connectivity index (χ4v) is 1.57. The summed E-state index contributed by atoms with van der Waals surface area (Å²) >= 11 is 0. The molecule has 0 bridgehead atoms. The van der Waals surface area contributed by atoms with E-state index in [9.17, 15) is 4.79 Å². The number of carbonyl (C=O) groups is 1. The van der Waals surface area contributed by atoms with Crippen LogP contribution in [0.25, 0.3) is 0 Å². The number of benzene rings is 1. The van der Waals surface area contributed by atoms with Gasteiger partial charge in [-0.05, 0) is 17.0 Å². The third-order valence-corrected chi connectivity index (χ3v) is 2.57. The highest BCUT2D eigenvalue weighted by molar-refractivity contribution is 5.82. The maximum Gasteiger partial charge on any atom is 0.162 e. The molecule has 0 radical (unpaired) electrons. The van der Waals surface area contributed by atoms with Crippen LogP contribution in [0.5, 0.6) is 0 Å². The van der Waals surface area contributed by atoms with Crippen molar-refractivity contribution in [2.24, 2.45) is 5.73 Å². The zero-order valence-corrected chi connectivity index (χ0v) is 10.6. The molecule has 0 saturated carbocycles. The van der Waals surface area contributed by atoms with Crippen molar-refractivity contribution >= 4 is 5.78 Å². The molecule has 2 N–H and O–H groups in total. The molecule has 1 aromatic carbocycles. The van der Waals surface area contributed by atoms with E-state index >= 15 is 0 Å². The number of Topliss-reactive ketones (excluding diaryl/α,β-unsaturated/α-hetero) is 1. The van der Waals surface area contributed by atoms with Gasteiger partial charge in [0.15, 0.2) is 5.78 Å². The number of ether oxygens (including phenoxy) is 1. The van der Waals surface area contributed by atoms with Crippen LogP contribution in [0.3, 0.4) is 0 Å². The molecule has 0 aromatic heterocycles. The molecule has 1 rings (SSSR count). The molecule has 17 heavy (non-hydrogen) atoms. The number of hydrogen-bond acceptors (Lipinski definition) is 3. The molecule has 0 spiro atoms.